The number of carbonyl (C=O) groups excluding carboxylic acids is 1. The lowest BCUT2D eigenvalue weighted by atomic mass is 10.0. The monoisotopic (exact) mass is 209 g/mol. The van der Waals surface area contributed by atoms with Gasteiger partial charge < -0.3 is 10.8 Å². The molecular formula is C10H15N3O2. The highest BCUT2D eigenvalue weighted by atomic mass is 16.3. The zero-order valence-electron chi connectivity index (χ0n) is 8.26. The van der Waals surface area contributed by atoms with E-state index in [4.69, 9.17) is 11.6 Å². The third kappa shape index (κ3) is 3.32. The number of aliphatic hydroxyl groups excluding tert-OH is 1. The molecule has 0 bridgehead atoms. The van der Waals surface area contributed by atoms with Crippen LogP contribution in [0.15, 0.2) is 30.3 Å². The summed E-state index contributed by atoms with van der Waals surface area (Å²) in [6.45, 7) is 0. The first-order valence-corrected chi connectivity index (χ1v) is 4.63. The summed E-state index contributed by atoms with van der Waals surface area (Å²) in [5, 5.41) is 9.43. The SMILES string of the molecule is NNC(=O)[C@@H](O)[C@H](N)Cc1ccccc1. The fraction of sp³-hybridized carbons (Fsp3) is 0.300. The van der Waals surface area contributed by atoms with Crippen LogP contribution in [0, 0.1) is 0 Å². The number of aliphatic hydroxyl groups is 1. The van der Waals surface area contributed by atoms with Gasteiger partial charge in [-0.15, -0.1) is 0 Å². The Hall–Kier alpha value is -1.43. The Bertz CT molecular complexity index is 316. The van der Waals surface area contributed by atoms with Crippen LogP contribution in [-0.4, -0.2) is 23.2 Å². The van der Waals surface area contributed by atoms with Crippen LogP contribution in [0.2, 0.25) is 0 Å². The van der Waals surface area contributed by atoms with Gasteiger partial charge in [0.05, 0.1) is 0 Å². The Morgan fingerprint density at radius 2 is 2.00 bits per heavy atom. The molecule has 0 radical (unpaired) electrons. The molecule has 1 aromatic carbocycles. The van der Waals surface area contributed by atoms with Gasteiger partial charge in [-0.1, -0.05) is 30.3 Å². The molecule has 0 saturated carbocycles. The van der Waals surface area contributed by atoms with Crippen molar-refractivity contribution in [1.82, 2.24) is 5.43 Å². The maximum Gasteiger partial charge on any atom is 0.264 e. The Kier molecular flexibility index (Phi) is 4.23. The van der Waals surface area contributed by atoms with Crippen LogP contribution in [0.4, 0.5) is 0 Å². The minimum atomic E-state index is -1.28. The van der Waals surface area contributed by atoms with E-state index in [9.17, 15) is 9.90 Å². The molecule has 0 aliphatic carbocycles. The predicted molar refractivity (Wildman–Crippen MR) is 56.5 cm³/mol. The topological polar surface area (TPSA) is 101 Å². The number of nitrogens with two attached hydrogens (primary N) is 2. The van der Waals surface area contributed by atoms with Gasteiger partial charge in [-0.2, -0.15) is 0 Å². The fourth-order valence-corrected chi connectivity index (χ4v) is 1.28. The van der Waals surface area contributed by atoms with Crippen molar-refractivity contribution in [3.8, 4) is 0 Å². The molecule has 1 amide bonds. The Balaban J connectivity index is 2.56. The van der Waals surface area contributed by atoms with Gasteiger partial charge in [-0.25, -0.2) is 5.84 Å². The van der Waals surface area contributed by atoms with Gasteiger partial charge in [0.1, 0.15) is 6.10 Å². The molecule has 0 aliphatic rings. The second-order valence-corrected chi connectivity index (χ2v) is 3.31. The summed E-state index contributed by atoms with van der Waals surface area (Å²) in [6, 6.07) is 8.74. The van der Waals surface area contributed by atoms with Crippen molar-refractivity contribution in [2.24, 2.45) is 11.6 Å². The van der Waals surface area contributed by atoms with E-state index in [-0.39, 0.29) is 0 Å². The first kappa shape index (κ1) is 11.6. The van der Waals surface area contributed by atoms with Gasteiger partial charge in [0, 0.05) is 6.04 Å². The summed E-state index contributed by atoms with van der Waals surface area (Å²) >= 11 is 0. The molecule has 1 aromatic rings. The van der Waals surface area contributed by atoms with Crippen molar-refractivity contribution in [3.05, 3.63) is 35.9 Å². The zero-order valence-corrected chi connectivity index (χ0v) is 8.26. The van der Waals surface area contributed by atoms with Crippen LogP contribution >= 0.6 is 0 Å². The van der Waals surface area contributed by atoms with Crippen molar-refractivity contribution in [3.63, 3.8) is 0 Å². The predicted octanol–water partition coefficient (Wildman–Crippen LogP) is -1.09. The van der Waals surface area contributed by atoms with Crippen molar-refractivity contribution in [1.29, 1.82) is 0 Å². The number of amides is 1. The number of hydrogen-bond donors (Lipinski definition) is 4. The molecule has 0 heterocycles. The maximum atomic E-state index is 11.0. The lowest BCUT2D eigenvalue weighted by Gasteiger charge is -2.16. The van der Waals surface area contributed by atoms with Crippen LogP contribution < -0.4 is 17.0 Å². The largest absolute Gasteiger partial charge is 0.382 e. The number of carbonyl (C=O) groups is 1. The Morgan fingerprint density at radius 3 is 2.53 bits per heavy atom. The van der Waals surface area contributed by atoms with E-state index in [1.165, 1.54) is 0 Å². The van der Waals surface area contributed by atoms with E-state index in [1.807, 2.05) is 35.8 Å². The van der Waals surface area contributed by atoms with Crippen molar-refractivity contribution in [2.75, 3.05) is 0 Å². The number of nitrogens with one attached hydrogen (secondary N) is 1. The van der Waals surface area contributed by atoms with E-state index in [0.717, 1.165) is 5.56 Å². The summed E-state index contributed by atoms with van der Waals surface area (Å²) in [7, 11) is 0. The summed E-state index contributed by atoms with van der Waals surface area (Å²) in [4.78, 5) is 11.0. The lowest BCUT2D eigenvalue weighted by molar-refractivity contribution is -0.130. The van der Waals surface area contributed by atoms with E-state index >= 15 is 0 Å². The summed E-state index contributed by atoms with van der Waals surface area (Å²) < 4.78 is 0. The molecule has 5 nitrogen and oxygen atoms in total. The van der Waals surface area contributed by atoms with E-state index in [0.29, 0.717) is 6.42 Å². The third-order valence-electron chi connectivity index (χ3n) is 2.13. The fourth-order valence-electron chi connectivity index (χ4n) is 1.28. The quantitative estimate of drug-likeness (QED) is 0.287. The smallest absolute Gasteiger partial charge is 0.264 e. The van der Waals surface area contributed by atoms with Crippen molar-refractivity contribution < 1.29 is 9.90 Å². The molecule has 0 spiro atoms. The minimum Gasteiger partial charge on any atom is -0.382 e. The first-order valence-electron chi connectivity index (χ1n) is 4.63. The molecule has 82 valence electrons. The highest BCUT2D eigenvalue weighted by molar-refractivity contribution is 5.80. The van der Waals surface area contributed by atoms with Gasteiger partial charge >= 0.3 is 0 Å². The van der Waals surface area contributed by atoms with E-state index in [2.05, 4.69) is 0 Å². The van der Waals surface area contributed by atoms with Crippen LogP contribution in [0.25, 0.3) is 0 Å². The number of hydrogen-bond acceptors (Lipinski definition) is 4. The van der Waals surface area contributed by atoms with Crippen molar-refractivity contribution >= 4 is 5.91 Å². The molecule has 0 unspecified atom stereocenters. The second-order valence-electron chi connectivity index (χ2n) is 3.31. The standard InChI is InChI=1S/C10H15N3O2/c11-8(9(14)10(15)13-12)6-7-4-2-1-3-5-7/h1-5,8-9,14H,6,11-12H2,(H,13,15)/t8-,9+/m1/s1. The van der Waals surface area contributed by atoms with E-state index < -0.39 is 18.1 Å². The van der Waals surface area contributed by atoms with Gasteiger partial charge in [-0.3, -0.25) is 10.2 Å². The van der Waals surface area contributed by atoms with Crippen LogP contribution in [0.3, 0.4) is 0 Å². The Labute approximate surface area is 88.0 Å². The highest BCUT2D eigenvalue weighted by Gasteiger charge is 2.21. The van der Waals surface area contributed by atoms with Gasteiger partial charge in [0.25, 0.3) is 5.91 Å². The minimum absolute atomic E-state index is 0.426. The zero-order chi connectivity index (χ0) is 11.3. The van der Waals surface area contributed by atoms with Crippen LogP contribution in [-0.2, 0) is 11.2 Å². The molecule has 0 fully saturated rings. The van der Waals surface area contributed by atoms with Gasteiger partial charge in [0.2, 0.25) is 0 Å². The number of rotatable bonds is 4. The molecular weight excluding hydrogens is 194 g/mol. The molecule has 1 rings (SSSR count). The lowest BCUT2D eigenvalue weighted by Crippen LogP contribution is -2.49. The Morgan fingerprint density at radius 1 is 1.40 bits per heavy atom. The molecule has 6 N–H and O–H groups in total. The van der Waals surface area contributed by atoms with Crippen LogP contribution in [0.1, 0.15) is 5.56 Å². The molecule has 0 saturated heterocycles. The van der Waals surface area contributed by atoms with Crippen LogP contribution in [0.5, 0.6) is 0 Å². The highest BCUT2D eigenvalue weighted by Crippen LogP contribution is 2.04. The first-order chi connectivity index (χ1) is 7.15. The van der Waals surface area contributed by atoms with Crippen molar-refractivity contribution in [2.45, 2.75) is 18.6 Å². The molecule has 5 heteroatoms. The van der Waals surface area contributed by atoms with E-state index in [1.54, 1.807) is 0 Å². The number of hydrazine groups is 1. The average Bonchev–Trinajstić information content (AvgIpc) is 2.28. The maximum absolute atomic E-state index is 11.0. The number of benzene rings is 1. The third-order valence-corrected chi connectivity index (χ3v) is 2.13. The normalized spacial score (nSPS) is 14.3. The van der Waals surface area contributed by atoms with Gasteiger partial charge in [0.15, 0.2) is 0 Å². The van der Waals surface area contributed by atoms with Gasteiger partial charge in [-0.05, 0) is 12.0 Å². The summed E-state index contributed by atoms with van der Waals surface area (Å²) in [5.41, 5.74) is 8.49. The molecule has 0 aromatic heterocycles. The average molecular weight is 209 g/mol. The summed E-state index contributed by atoms with van der Waals surface area (Å²) in [5.74, 6) is 4.22. The molecule has 15 heavy (non-hydrogen) atoms. The molecule has 2 atom stereocenters. The second kappa shape index (κ2) is 5.45. The summed E-state index contributed by atoms with van der Waals surface area (Å²) in [6.07, 6.45) is -0.856. The molecule has 0 aliphatic heterocycles.